The first-order chi connectivity index (χ1) is 8.59. The molecule has 0 radical (unpaired) electrons. The zero-order valence-electron chi connectivity index (χ0n) is 11.1. The van der Waals surface area contributed by atoms with Crippen molar-refractivity contribution in [2.75, 3.05) is 13.1 Å². The SMILES string of the molecule is [CH2+]C(C)C(=O)N1C[C@H](c2ccccc2)NC[C@H]1C. The van der Waals surface area contributed by atoms with Crippen LogP contribution in [0.3, 0.4) is 0 Å². The van der Waals surface area contributed by atoms with E-state index in [0.29, 0.717) is 0 Å². The molecule has 0 aromatic heterocycles. The predicted octanol–water partition coefficient (Wildman–Crippen LogP) is 2.02. The Hall–Kier alpha value is -1.48. The fraction of sp³-hybridized carbons (Fsp3) is 0.467. The van der Waals surface area contributed by atoms with Crippen LogP contribution in [0.4, 0.5) is 0 Å². The van der Waals surface area contributed by atoms with Crippen LogP contribution in [0, 0.1) is 12.8 Å². The molecule has 0 saturated carbocycles. The monoisotopic (exact) mass is 245 g/mol. The predicted molar refractivity (Wildman–Crippen MR) is 72.9 cm³/mol. The van der Waals surface area contributed by atoms with Crippen molar-refractivity contribution < 1.29 is 4.79 Å². The summed E-state index contributed by atoms with van der Waals surface area (Å²) in [5.74, 6) is -0.0353. The van der Waals surface area contributed by atoms with Crippen molar-refractivity contribution >= 4 is 5.91 Å². The highest BCUT2D eigenvalue weighted by atomic mass is 16.2. The van der Waals surface area contributed by atoms with Gasteiger partial charge in [-0.2, -0.15) is 0 Å². The molecule has 1 aromatic rings. The molecule has 2 rings (SSSR count). The fourth-order valence-electron chi connectivity index (χ4n) is 2.36. The van der Waals surface area contributed by atoms with E-state index in [9.17, 15) is 4.79 Å². The molecule has 1 aliphatic rings. The zero-order valence-corrected chi connectivity index (χ0v) is 11.1. The van der Waals surface area contributed by atoms with Crippen LogP contribution in [0.25, 0.3) is 0 Å². The maximum absolute atomic E-state index is 12.1. The van der Waals surface area contributed by atoms with Crippen molar-refractivity contribution in [2.45, 2.75) is 25.9 Å². The number of carbonyl (C=O) groups excluding carboxylic acids is 1. The molecule has 0 spiro atoms. The number of nitrogens with zero attached hydrogens (tertiary/aromatic N) is 1. The van der Waals surface area contributed by atoms with Crippen molar-refractivity contribution in [2.24, 2.45) is 5.92 Å². The summed E-state index contributed by atoms with van der Waals surface area (Å²) in [5, 5.41) is 3.49. The van der Waals surface area contributed by atoms with Crippen LogP contribution in [0.2, 0.25) is 0 Å². The summed E-state index contributed by atoms with van der Waals surface area (Å²) >= 11 is 0. The molecule has 1 aromatic carbocycles. The molecular weight excluding hydrogens is 224 g/mol. The molecule has 1 N–H and O–H groups in total. The number of carbonyl (C=O) groups is 1. The second-order valence-corrected chi connectivity index (χ2v) is 5.11. The number of rotatable bonds is 2. The van der Waals surface area contributed by atoms with Gasteiger partial charge in [-0.1, -0.05) is 30.3 Å². The Morgan fingerprint density at radius 1 is 1.44 bits per heavy atom. The fourth-order valence-corrected chi connectivity index (χ4v) is 2.36. The number of nitrogens with one attached hydrogen (secondary N) is 1. The summed E-state index contributed by atoms with van der Waals surface area (Å²) < 4.78 is 0. The first-order valence-corrected chi connectivity index (χ1v) is 6.51. The zero-order chi connectivity index (χ0) is 13.1. The van der Waals surface area contributed by atoms with E-state index >= 15 is 0 Å². The van der Waals surface area contributed by atoms with Gasteiger partial charge in [-0.15, -0.1) is 0 Å². The lowest BCUT2D eigenvalue weighted by atomic mass is 10.0. The quantitative estimate of drug-likeness (QED) is 0.808. The van der Waals surface area contributed by atoms with Gasteiger partial charge in [0.15, 0.2) is 5.92 Å². The van der Waals surface area contributed by atoms with Gasteiger partial charge in [0.1, 0.15) is 0 Å². The van der Waals surface area contributed by atoms with Gasteiger partial charge in [-0.3, -0.25) is 4.79 Å². The summed E-state index contributed by atoms with van der Waals surface area (Å²) in [5.41, 5.74) is 1.24. The lowest BCUT2D eigenvalue weighted by molar-refractivity contribution is -0.137. The molecule has 0 aliphatic carbocycles. The van der Waals surface area contributed by atoms with Crippen LogP contribution in [-0.4, -0.2) is 29.9 Å². The molecule has 1 unspecified atom stereocenters. The molecule has 1 fully saturated rings. The second-order valence-electron chi connectivity index (χ2n) is 5.11. The second kappa shape index (κ2) is 5.44. The van der Waals surface area contributed by atoms with E-state index < -0.39 is 0 Å². The molecule has 18 heavy (non-hydrogen) atoms. The third kappa shape index (κ3) is 2.67. The van der Waals surface area contributed by atoms with Gasteiger partial charge in [0.05, 0.1) is 6.92 Å². The van der Waals surface area contributed by atoms with Gasteiger partial charge in [0.2, 0.25) is 0 Å². The third-order valence-electron chi connectivity index (χ3n) is 3.48. The van der Waals surface area contributed by atoms with Crippen LogP contribution in [0.5, 0.6) is 0 Å². The Balaban J connectivity index is 2.12. The third-order valence-corrected chi connectivity index (χ3v) is 3.48. The molecule has 1 heterocycles. The summed E-state index contributed by atoms with van der Waals surface area (Å²) in [4.78, 5) is 14.1. The Morgan fingerprint density at radius 2 is 2.11 bits per heavy atom. The van der Waals surface area contributed by atoms with Gasteiger partial charge in [-0.25, -0.2) is 0 Å². The van der Waals surface area contributed by atoms with Gasteiger partial charge in [0, 0.05) is 25.2 Å². The summed E-state index contributed by atoms with van der Waals surface area (Å²) in [6.07, 6.45) is 0. The molecule has 1 amide bonds. The van der Waals surface area contributed by atoms with Crippen LogP contribution in [-0.2, 0) is 4.79 Å². The highest BCUT2D eigenvalue weighted by Crippen LogP contribution is 2.21. The van der Waals surface area contributed by atoms with E-state index in [1.165, 1.54) is 5.56 Å². The summed E-state index contributed by atoms with van der Waals surface area (Å²) in [6, 6.07) is 10.7. The van der Waals surface area contributed by atoms with Crippen molar-refractivity contribution in [3.8, 4) is 0 Å². The van der Waals surface area contributed by atoms with Crippen molar-refractivity contribution in [1.29, 1.82) is 0 Å². The van der Waals surface area contributed by atoms with E-state index in [-0.39, 0.29) is 23.9 Å². The standard InChI is InChI=1S/C15H21N2O/c1-11(2)15(18)17-10-14(16-9-12(17)3)13-7-5-4-6-8-13/h4-8,11-12,14,16H,1,9-10H2,2-3H3/q+1/t11?,12-,14-/m1/s1. The highest BCUT2D eigenvalue weighted by Gasteiger charge is 2.32. The van der Waals surface area contributed by atoms with E-state index in [4.69, 9.17) is 0 Å². The van der Waals surface area contributed by atoms with Crippen molar-refractivity contribution in [1.82, 2.24) is 10.2 Å². The van der Waals surface area contributed by atoms with Crippen molar-refractivity contribution in [3.05, 3.63) is 42.8 Å². The smallest absolute Gasteiger partial charge is 0.270 e. The first kappa shape index (κ1) is 13.0. The minimum Gasteiger partial charge on any atom is -0.333 e. The summed E-state index contributed by atoms with van der Waals surface area (Å²) in [6.45, 7) is 9.33. The van der Waals surface area contributed by atoms with Gasteiger partial charge < -0.3 is 10.2 Å². The van der Waals surface area contributed by atoms with Crippen LogP contribution in [0.1, 0.15) is 25.5 Å². The number of amides is 1. The Morgan fingerprint density at radius 3 is 2.72 bits per heavy atom. The lowest BCUT2D eigenvalue weighted by Crippen LogP contribution is -2.54. The largest absolute Gasteiger partial charge is 0.333 e. The number of hydrogen-bond acceptors (Lipinski definition) is 2. The Bertz CT molecular complexity index is 402. The maximum atomic E-state index is 12.1. The number of piperazine rings is 1. The van der Waals surface area contributed by atoms with E-state index in [1.54, 1.807) is 0 Å². The van der Waals surface area contributed by atoms with E-state index in [0.717, 1.165) is 13.1 Å². The molecule has 3 atom stereocenters. The molecule has 3 nitrogen and oxygen atoms in total. The molecule has 3 heteroatoms. The normalized spacial score (nSPS) is 25.8. The average molecular weight is 245 g/mol. The van der Waals surface area contributed by atoms with Gasteiger partial charge in [0.25, 0.3) is 5.91 Å². The molecular formula is C15H21N2O+. The van der Waals surface area contributed by atoms with Gasteiger partial charge >= 0.3 is 0 Å². The van der Waals surface area contributed by atoms with Gasteiger partial charge in [-0.05, 0) is 19.4 Å². The van der Waals surface area contributed by atoms with Crippen LogP contribution >= 0.6 is 0 Å². The van der Waals surface area contributed by atoms with Crippen molar-refractivity contribution in [3.63, 3.8) is 0 Å². The minimum atomic E-state index is -0.179. The molecule has 0 bridgehead atoms. The van der Waals surface area contributed by atoms with Crippen LogP contribution in [0.15, 0.2) is 30.3 Å². The van der Waals surface area contributed by atoms with E-state index in [1.807, 2.05) is 30.0 Å². The lowest BCUT2D eigenvalue weighted by Gasteiger charge is -2.39. The highest BCUT2D eigenvalue weighted by molar-refractivity contribution is 5.79. The Labute approximate surface area is 109 Å². The molecule has 96 valence electrons. The molecule has 1 saturated heterocycles. The van der Waals surface area contributed by atoms with Crippen LogP contribution < -0.4 is 5.32 Å². The molecule has 1 aliphatic heterocycles. The van der Waals surface area contributed by atoms with E-state index in [2.05, 4.69) is 31.3 Å². The minimum absolute atomic E-state index is 0.143. The number of hydrogen-bond donors (Lipinski definition) is 1. The average Bonchev–Trinajstić information content (AvgIpc) is 2.39. The number of benzene rings is 1. The maximum Gasteiger partial charge on any atom is 0.270 e. The summed E-state index contributed by atoms with van der Waals surface area (Å²) in [7, 11) is 0. The Kier molecular flexibility index (Phi) is 3.92. The topological polar surface area (TPSA) is 32.3 Å². The first-order valence-electron chi connectivity index (χ1n) is 6.51.